The molecule has 0 radical (unpaired) electrons. The molecular formula is C36H36O10. The zero-order valence-electron chi connectivity index (χ0n) is 25.7. The molecule has 10 nitrogen and oxygen atoms in total. The summed E-state index contributed by atoms with van der Waals surface area (Å²) in [6.45, 7) is 8.38. The molecule has 10 heteroatoms. The van der Waals surface area contributed by atoms with E-state index in [1.54, 1.807) is 24.3 Å². The number of carboxylic acid groups (broad SMARTS) is 2. The number of carbonyl (C=O) groups excluding carboxylic acids is 3. The fourth-order valence-electron chi connectivity index (χ4n) is 7.55. The minimum Gasteiger partial charge on any atom is -0.478 e. The van der Waals surface area contributed by atoms with E-state index in [9.17, 15) is 34.2 Å². The van der Waals surface area contributed by atoms with Gasteiger partial charge >= 0.3 is 29.8 Å². The lowest BCUT2D eigenvalue weighted by Crippen LogP contribution is -2.58. The van der Waals surface area contributed by atoms with Crippen LogP contribution in [0.5, 0.6) is 0 Å². The first-order chi connectivity index (χ1) is 21.9. The zero-order chi connectivity index (χ0) is 33.2. The molecule has 2 aliphatic carbocycles. The van der Waals surface area contributed by atoms with Gasteiger partial charge in [-0.25, -0.2) is 24.0 Å². The van der Waals surface area contributed by atoms with E-state index in [0.29, 0.717) is 31.3 Å². The number of ether oxygens (including phenoxy) is 3. The van der Waals surface area contributed by atoms with Crippen molar-refractivity contribution in [1.82, 2.24) is 0 Å². The molecule has 0 unspecified atom stereocenters. The number of carbonyl (C=O) groups is 5. The lowest BCUT2D eigenvalue weighted by Gasteiger charge is -2.59. The number of allylic oxidation sites excluding steroid dienone is 2. The molecule has 240 valence electrons. The predicted octanol–water partition coefficient (Wildman–Crippen LogP) is 5.89. The zero-order valence-corrected chi connectivity index (χ0v) is 25.7. The van der Waals surface area contributed by atoms with Gasteiger partial charge < -0.3 is 24.4 Å². The molecule has 0 aromatic heterocycles. The maximum absolute atomic E-state index is 13.5. The molecule has 46 heavy (non-hydrogen) atoms. The first-order valence-electron chi connectivity index (χ1n) is 15.1. The third-order valence-electron chi connectivity index (χ3n) is 9.92. The van der Waals surface area contributed by atoms with Crippen LogP contribution in [0.3, 0.4) is 0 Å². The standard InChI is InChI=1S/C36H36O10/c1-21-12-15-28-35(2,27(21)14-13-22-17-19-44-32(22)41)18-16-29(46-34(43)26-11-7-5-9-24(26)31(39)40)36(28,3)20-45-33(42)25-10-6-4-8-23(25)30(37)38/h4-11,13-14,17,27-29H,1,12,15-16,18-20H2,2-3H3,(H,37,38)(H,39,40)/b14-13+/t27-,28+,29-,35+,36+/m1/s1. The van der Waals surface area contributed by atoms with Crippen LogP contribution in [0, 0.1) is 22.7 Å². The van der Waals surface area contributed by atoms with Gasteiger partial charge in [0.25, 0.3) is 0 Å². The highest BCUT2D eigenvalue weighted by Gasteiger charge is 2.59. The minimum atomic E-state index is -1.27. The second kappa shape index (κ2) is 12.8. The first-order valence-corrected chi connectivity index (χ1v) is 15.1. The second-order valence-corrected chi connectivity index (χ2v) is 12.6. The largest absolute Gasteiger partial charge is 0.478 e. The van der Waals surface area contributed by atoms with Crippen LogP contribution in [0.1, 0.15) is 81.0 Å². The normalized spacial score (nSPS) is 27.3. The Hall–Kier alpha value is -4.99. The highest BCUT2D eigenvalue weighted by Crippen LogP contribution is 2.62. The Labute approximate surface area is 266 Å². The van der Waals surface area contributed by atoms with Crippen LogP contribution in [0.15, 0.2) is 84.5 Å². The number of fused-ring (bicyclic) bond motifs is 1. The van der Waals surface area contributed by atoms with E-state index in [1.165, 1.54) is 36.4 Å². The summed E-state index contributed by atoms with van der Waals surface area (Å²) in [5.41, 5.74) is -0.536. The number of hydrogen-bond donors (Lipinski definition) is 2. The van der Waals surface area contributed by atoms with Crippen LogP contribution in [0.2, 0.25) is 0 Å². The number of carboxylic acids is 2. The van der Waals surface area contributed by atoms with Crippen LogP contribution < -0.4 is 0 Å². The fraction of sp³-hybridized carbons (Fsp3) is 0.361. The highest BCUT2D eigenvalue weighted by atomic mass is 16.6. The van der Waals surface area contributed by atoms with Crippen molar-refractivity contribution >= 4 is 29.8 Å². The smallest absolute Gasteiger partial charge is 0.339 e. The van der Waals surface area contributed by atoms with Gasteiger partial charge in [0.15, 0.2) is 0 Å². The number of rotatable bonds is 9. The van der Waals surface area contributed by atoms with Crippen molar-refractivity contribution in [2.75, 3.05) is 13.2 Å². The molecule has 2 aromatic carbocycles. The molecule has 3 aliphatic rings. The summed E-state index contributed by atoms with van der Waals surface area (Å²) in [7, 11) is 0. The fourth-order valence-corrected chi connectivity index (χ4v) is 7.55. The minimum absolute atomic E-state index is 0.0902. The van der Waals surface area contributed by atoms with Crippen LogP contribution >= 0.6 is 0 Å². The van der Waals surface area contributed by atoms with Crippen LogP contribution in [0.4, 0.5) is 0 Å². The molecule has 5 atom stereocenters. The van der Waals surface area contributed by atoms with Crippen molar-refractivity contribution in [3.8, 4) is 0 Å². The van der Waals surface area contributed by atoms with Gasteiger partial charge in [0.2, 0.25) is 0 Å². The third kappa shape index (κ3) is 5.99. The molecule has 0 bridgehead atoms. The first kappa shape index (κ1) is 32.4. The van der Waals surface area contributed by atoms with Crippen molar-refractivity contribution < 1.29 is 48.4 Å². The van der Waals surface area contributed by atoms with Crippen LogP contribution in [0.25, 0.3) is 0 Å². The van der Waals surface area contributed by atoms with Crippen LogP contribution in [-0.4, -0.2) is 59.4 Å². The van der Waals surface area contributed by atoms with E-state index in [1.807, 2.05) is 13.0 Å². The van der Waals surface area contributed by atoms with Crippen molar-refractivity contribution in [3.63, 3.8) is 0 Å². The molecule has 1 heterocycles. The third-order valence-corrected chi connectivity index (χ3v) is 9.92. The number of benzene rings is 2. The van der Waals surface area contributed by atoms with E-state index in [4.69, 9.17) is 14.2 Å². The van der Waals surface area contributed by atoms with E-state index in [2.05, 4.69) is 13.5 Å². The van der Waals surface area contributed by atoms with Gasteiger partial charge in [-0.1, -0.05) is 62.4 Å². The molecule has 0 amide bonds. The van der Waals surface area contributed by atoms with Crippen molar-refractivity contribution in [3.05, 3.63) is 107 Å². The van der Waals surface area contributed by atoms with Gasteiger partial charge in [-0.3, -0.25) is 0 Å². The summed E-state index contributed by atoms with van der Waals surface area (Å²) in [5, 5.41) is 19.3. The number of hydrogen-bond acceptors (Lipinski definition) is 8. The topological polar surface area (TPSA) is 154 Å². The Kier molecular flexibility index (Phi) is 9.01. The van der Waals surface area contributed by atoms with Crippen molar-refractivity contribution in [2.24, 2.45) is 22.7 Å². The van der Waals surface area contributed by atoms with E-state index < -0.39 is 46.8 Å². The molecule has 5 rings (SSSR count). The van der Waals surface area contributed by atoms with Gasteiger partial charge in [-0.2, -0.15) is 0 Å². The number of aromatic carboxylic acids is 2. The average Bonchev–Trinajstić information content (AvgIpc) is 3.45. The SMILES string of the molecule is C=C1CC[C@@H]2[C@](C)(COC(=O)c3ccccc3C(=O)O)[C@H](OC(=O)c3ccccc3C(=O)O)CC[C@@]2(C)[C@@H]1/C=C/C1=CCOC1=O. The molecule has 1 aliphatic heterocycles. The second-order valence-electron chi connectivity index (χ2n) is 12.6. The summed E-state index contributed by atoms with van der Waals surface area (Å²) in [4.78, 5) is 62.6. The van der Waals surface area contributed by atoms with Crippen LogP contribution in [-0.2, 0) is 19.0 Å². The summed E-state index contributed by atoms with van der Waals surface area (Å²) in [6.07, 6.45) is 6.91. The molecule has 0 saturated heterocycles. The van der Waals surface area contributed by atoms with Crippen molar-refractivity contribution in [1.29, 1.82) is 0 Å². The summed E-state index contributed by atoms with van der Waals surface area (Å²) in [6, 6.07) is 11.6. The van der Waals surface area contributed by atoms with Gasteiger partial charge in [-0.15, -0.1) is 0 Å². The van der Waals surface area contributed by atoms with Gasteiger partial charge in [0.05, 0.1) is 27.8 Å². The lowest BCUT2D eigenvalue weighted by atomic mass is 9.46. The van der Waals surface area contributed by atoms with Gasteiger partial charge in [0, 0.05) is 11.3 Å². The van der Waals surface area contributed by atoms with E-state index in [-0.39, 0.29) is 47.3 Å². The maximum Gasteiger partial charge on any atom is 0.339 e. The Morgan fingerprint density at radius 2 is 1.52 bits per heavy atom. The molecule has 0 spiro atoms. The molecule has 2 saturated carbocycles. The summed E-state index contributed by atoms with van der Waals surface area (Å²) in [5.74, 6) is -4.90. The Morgan fingerprint density at radius 3 is 2.09 bits per heavy atom. The van der Waals surface area contributed by atoms with E-state index >= 15 is 0 Å². The Morgan fingerprint density at radius 1 is 0.935 bits per heavy atom. The quantitative estimate of drug-likeness (QED) is 0.195. The van der Waals surface area contributed by atoms with Gasteiger partial charge in [-0.05, 0) is 67.4 Å². The number of cyclic esters (lactones) is 1. The Balaban J connectivity index is 1.50. The number of esters is 3. The molecular weight excluding hydrogens is 592 g/mol. The summed E-state index contributed by atoms with van der Waals surface area (Å²) < 4.78 is 17.0. The molecule has 2 aromatic rings. The predicted molar refractivity (Wildman–Crippen MR) is 165 cm³/mol. The summed E-state index contributed by atoms with van der Waals surface area (Å²) >= 11 is 0. The van der Waals surface area contributed by atoms with Gasteiger partial charge in [0.1, 0.15) is 19.3 Å². The highest BCUT2D eigenvalue weighted by molar-refractivity contribution is 6.03. The Bertz CT molecular complexity index is 1670. The lowest BCUT2D eigenvalue weighted by molar-refractivity contribution is -0.150. The van der Waals surface area contributed by atoms with Crippen molar-refractivity contribution in [2.45, 2.75) is 45.6 Å². The molecule has 2 fully saturated rings. The molecule has 2 N–H and O–H groups in total. The monoisotopic (exact) mass is 628 g/mol. The average molecular weight is 629 g/mol. The maximum atomic E-state index is 13.5. The van der Waals surface area contributed by atoms with E-state index in [0.717, 1.165) is 5.57 Å².